The molecule has 0 radical (unpaired) electrons. The van der Waals surface area contributed by atoms with Gasteiger partial charge in [-0.25, -0.2) is 12.8 Å². The van der Waals surface area contributed by atoms with Crippen LogP contribution in [0.25, 0.3) is 0 Å². The van der Waals surface area contributed by atoms with E-state index in [1.165, 1.54) is 0 Å². The molecular formula is C8H4F7Na3O7S. The number of rotatable bonds is 7. The number of carbonyl (C=O) groups excluding carboxylic acids is 2. The molecule has 0 spiro atoms. The fraction of sp³-hybridized carbons (Fsp3) is 0.750. The van der Waals surface area contributed by atoms with Crippen molar-refractivity contribution >= 4 is 22.1 Å². The van der Waals surface area contributed by atoms with Crippen molar-refractivity contribution in [2.24, 2.45) is 0 Å². The number of carboxylic acids is 2. The van der Waals surface area contributed by atoms with Crippen LogP contribution in [0.5, 0.6) is 0 Å². The molecule has 0 fully saturated rings. The van der Waals surface area contributed by atoms with Crippen molar-refractivity contribution in [3.63, 3.8) is 0 Å². The minimum Gasteiger partial charge on any atom is -0.747 e. The summed E-state index contributed by atoms with van der Waals surface area (Å²) in [4.78, 5) is 20.7. The Hall–Kier alpha value is 1.36. The third-order valence-electron chi connectivity index (χ3n) is 2.72. The molecule has 0 aliphatic carbocycles. The average molecular weight is 446 g/mol. The van der Waals surface area contributed by atoms with E-state index in [0.717, 1.165) is 0 Å². The third kappa shape index (κ3) is 4.91. The first kappa shape index (κ1) is 34.8. The van der Waals surface area contributed by atoms with Crippen LogP contribution in [0.4, 0.5) is 30.7 Å². The Balaban J connectivity index is -0.000000807. The molecule has 0 heterocycles. The summed E-state index contributed by atoms with van der Waals surface area (Å²) in [6, 6.07) is 0. The van der Waals surface area contributed by atoms with Crippen LogP contribution in [0.2, 0.25) is 0 Å². The van der Waals surface area contributed by atoms with Crippen LogP contribution < -0.4 is 98.9 Å². The number of aliphatic carboxylic acids is 2. The minimum atomic E-state index is -7.78. The van der Waals surface area contributed by atoms with Gasteiger partial charge in [0.25, 0.3) is 0 Å². The second-order valence-corrected chi connectivity index (χ2v) is 5.62. The average Bonchev–Trinajstić information content (AvgIpc) is 2.24. The summed E-state index contributed by atoms with van der Waals surface area (Å²) in [6.45, 7) is -0.414. The quantitative estimate of drug-likeness (QED) is 0.215. The van der Waals surface area contributed by atoms with Crippen molar-refractivity contribution in [3.8, 4) is 0 Å². The molecule has 7 nitrogen and oxygen atoms in total. The fourth-order valence-electron chi connectivity index (χ4n) is 1.50. The third-order valence-corrected chi connectivity index (χ3v) is 4.15. The molecule has 2 unspecified atom stereocenters. The van der Waals surface area contributed by atoms with Crippen LogP contribution in [0.15, 0.2) is 0 Å². The number of alkyl halides is 7. The van der Waals surface area contributed by atoms with E-state index < -0.39 is 57.7 Å². The summed E-state index contributed by atoms with van der Waals surface area (Å²) in [5, 5.41) is 20.7. The van der Waals surface area contributed by atoms with Gasteiger partial charge in [-0.05, 0) is 6.92 Å². The first-order chi connectivity index (χ1) is 9.83. The van der Waals surface area contributed by atoms with E-state index in [4.69, 9.17) is 0 Å². The number of halogens is 7. The molecule has 0 rings (SSSR count). The van der Waals surface area contributed by atoms with Gasteiger partial charge in [-0.3, -0.25) is 0 Å². The van der Waals surface area contributed by atoms with E-state index >= 15 is 0 Å². The molecule has 0 bridgehead atoms. The first-order valence-corrected chi connectivity index (χ1v) is 6.40. The number of hydrogen-bond donors (Lipinski definition) is 0. The van der Waals surface area contributed by atoms with E-state index in [0.29, 0.717) is 0 Å². The molecule has 0 aromatic carbocycles. The normalized spacial score (nSPS) is 16.0. The van der Waals surface area contributed by atoms with Crippen molar-refractivity contribution in [2.45, 2.75) is 35.6 Å². The van der Waals surface area contributed by atoms with Crippen molar-refractivity contribution < 1.29 is 152 Å². The zero-order valence-corrected chi connectivity index (χ0v) is 20.3. The van der Waals surface area contributed by atoms with Gasteiger partial charge in [-0.15, -0.1) is 0 Å². The summed E-state index contributed by atoms with van der Waals surface area (Å²) in [5.74, 6) is -29.3. The molecular weight excluding hydrogens is 442 g/mol. The summed E-state index contributed by atoms with van der Waals surface area (Å²) in [5.41, 5.74) is 0. The van der Waals surface area contributed by atoms with Crippen LogP contribution in [0.1, 0.15) is 6.92 Å². The monoisotopic (exact) mass is 446 g/mol. The number of carboxylic acid groups (broad SMARTS) is 2. The van der Waals surface area contributed by atoms with Gasteiger partial charge in [0, 0.05) is 0 Å². The van der Waals surface area contributed by atoms with Crippen molar-refractivity contribution in [1.29, 1.82) is 0 Å². The Morgan fingerprint density at radius 1 is 0.885 bits per heavy atom. The molecule has 0 aromatic rings. The van der Waals surface area contributed by atoms with E-state index in [9.17, 15) is 63.5 Å². The Kier molecular flexibility index (Phi) is 13.9. The van der Waals surface area contributed by atoms with Crippen molar-refractivity contribution in [1.82, 2.24) is 0 Å². The van der Waals surface area contributed by atoms with Crippen LogP contribution in [0, 0.1) is 0 Å². The second kappa shape index (κ2) is 10.4. The Bertz CT molecular complexity index is 628. The summed E-state index contributed by atoms with van der Waals surface area (Å²) in [6.07, 6.45) is -4.17. The van der Waals surface area contributed by atoms with Crippen molar-refractivity contribution in [3.05, 3.63) is 0 Å². The van der Waals surface area contributed by atoms with Gasteiger partial charge in [-0.1, -0.05) is 0 Å². The van der Waals surface area contributed by atoms with Gasteiger partial charge in [0.2, 0.25) is 4.75 Å². The molecule has 0 amide bonds. The second-order valence-electron chi connectivity index (χ2n) is 4.10. The molecule has 26 heavy (non-hydrogen) atoms. The molecule has 0 saturated carbocycles. The van der Waals surface area contributed by atoms with E-state index in [-0.39, 0.29) is 88.7 Å². The first-order valence-electron chi connectivity index (χ1n) is 4.99. The van der Waals surface area contributed by atoms with Gasteiger partial charge >= 0.3 is 106 Å². The van der Waals surface area contributed by atoms with Gasteiger partial charge in [0.15, 0.2) is 6.17 Å². The van der Waals surface area contributed by atoms with E-state index in [1.807, 2.05) is 0 Å². The predicted molar refractivity (Wildman–Crippen MR) is 47.9 cm³/mol. The molecule has 0 aromatic heterocycles. The van der Waals surface area contributed by atoms with Crippen LogP contribution >= 0.6 is 0 Å². The fourth-order valence-corrected chi connectivity index (χ4v) is 2.55. The predicted octanol–water partition coefficient (Wildman–Crippen LogP) is -11.0. The molecule has 2 atom stereocenters. The van der Waals surface area contributed by atoms with Crippen molar-refractivity contribution in [2.75, 3.05) is 0 Å². The Morgan fingerprint density at radius 3 is 1.35 bits per heavy atom. The molecule has 0 saturated heterocycles. The van der Waals surface area contributed by atoms with Crippen LogP contribution in [-0.4, -0.2) is 53.6 Å². The maximum absolute atomic E-state index is 13.6. The molecule has 0 aliphatic rings. The summed E-state index contributed by atoms with van der Waals surface area (Å²) >= 11 is 0. The SMILES string of the molecule is CC(F)C(F)(F)C(F)(F)C(C(=O)[O-])(C(F)(F)C(=O)[O-])S(=O)(=O)[O-].[Na+].[Na+].[Na+]. The molecule has 0 aliphatic heterocycles. The summed E-state index contributed by atoms with van der Waals surface area (Å²) in [7, 11) is -7.78. The zero-order chi connectivity index (χ0) is 19.2. The Morgan fingerprint density at radius 2 is 1.19 bits per heavy atom. The van der Waals surface area contributed by atoms with E-state index in [1.54, 1.807) is 0 Å². The van der Waals surface area contributed by atoms with Gasteiger partial charge < -0.3 is 24.4 Å². The standard InChI is InChI=1S/C8H7F7O7S.3Na/c1-2(9)6(10,11)8(14,15)5(3(16)17,23(20,21)22)7(12,13)4(18)19;;;/h2H,1H3,(H,16,17)(H,18,19)(H,20,21,22);;;/q;3*+1/p-3. The van der Waals surface area contributed by atoms with Crippen LogP contribution in [-0.2, 0) is 19.7 Å². The van der Waals surface area contributed by atoms with Gasteiger partial charge in [-0.2, -0.15) is 26.3 Å². The Labute approximate surface area is 207 Å². The van der Waals surface area contributed by atoms with Gasteiger partial charge in [0.05, 0.1) is 5.97 Å². The minimum absolute atomic E-state index is 0. The largest absolute Gasteiger partial charge is 1.00 e. The van der Waals surface area contributed by atoms with E-state index in [2.05, 4.69) is 0 Å². The van der Waals surface area contributed by atoms with Gasteiger partial charge in [0.1, 0.15) is 16.1 Å². The summed E-state index contributed by atoms with van der Waals surface area (Å²) < 4.78 is 118. The molecule has 18 heteroatoms. The number of carbonyl (C=O) groups is 2. The molecule has 136 valence electrons. The molecule has 0 N–H and O–H groups in total. The topological polar surface area (TPSA) is 137 Å². The zero-order valence-electron chi connectivity index (χ0n) is 13.5. The maximum atomic E-state index is 13.6. The smallest absolute Gasteiger partial charge is 0.747 e. The van der Waals surface area contributed by atoms with Crippen LogP contribution in [0.3, 0.4) is 0 Å². The number of hydrogen-bond acceptors (Lipinski definition) is 7. The maximum Gasteiger partial charge on any atom is 1.00 e.